The number of ether oxygens (including phenoxy) is 1. The fourth-order valence-corrected chi connectivity index (χ4v) is 3.72. The number of hydrazone groups is 1. The van der Waals surface area contributed by atoms with Crippen molar-refractivity contribution in [3.05, 3.63) is 76.8 Å². The Kier molecular flexibility index (Phi) is 5.50. The third-order valence-corrected chi connectivity index (χ3v) is 5.41. The third-order valence-electron chi connectivity index (χ3n) is 5.41. The van der Waals surface area contributed by atoms with Crippen LogP contribution in [0.3, 0.4) is 0 Å². The van der Waals surface area contributed by atoms with Gasteiger partial charge in [0.15, 0.2) is 17.4 Å². The number of alkyl halides is 3. The number of rotatable bonds is 5. The summed E-state index contributed by atoms with van der Waals surface area (Å²) in [5.74, 6) is -1.50. The van der Waals surface area contributed by atoms with Gasteiger partial charge in [0.2, 0.25) is 0 Å². The van der Waals surface area contributed by atoms with Crippen LogP contribution in [0.2, 0.25) is 0 Å². The van der Waals surface area contributed by atoms with E-state index in [1.807, 2.05) is 0 Å². The first-order valence-corrected chi connectivity index (χ1v) is 10.3. The summed E-state index contributed by atoms with van der Waals surface area (Å²) in [5, 5.41) is 9.61. The van der Waals surface area contributed by atoms with E-state index in [4.69, 9.17) is 9.26 Å². The SMILES string of the molecule is COc1ccc(-c2cc(CN3Cc4[nH]c(-c5cccc(F)c5F)nc4C=N3)on2)c(C(F)(F)F)c1. The molecule has 5 rings (SSSR count). The standard InChI is InChI=1S/C23H16F5N5O2/c1-34-12-5-6-14(16(7-12)23(26,27)28)18-8-13(35-32-18)10-33-11-20-19(9-29-33)30-22(31-20)15-3-2-4-17(24)21(15)25/h2-9H,10-11H2,1H3,(H,30,31). The zero-order valence-corrected chi connectivity index (χ0v) is 18.0. The molecule has 0 fully saturated rings. The van der Waals surface area contributed by atoms with Gasteiger partial charge in [-0.15, -0.1) is 0 Å². The molecule has 0 bridgehead atoms. The van der Waals surface area contributed by atoms with E-state index in [9.17, 15) is 22.0 Å². The Morgan fingerprint density at radius 3 is 2.71 bits per heavy atom. The fourth-order valence-electron chi connectivity index (χ4n) is 3.72. The van der Waals surface area contributed by atoms with Gasteiger partial charge >= 0.3 is 6.18 Å². The summed E-state index contributed by atoms with van der Waals surface area (Å²) in [6.07, 6.45) is -3.17. The second kappa shape index (κ2) is 8.53. The van der Waals surface area contributed by atoms with Gasteiger partial charge < -0.3 is 14.2 Å². The summed E-state index contributed by atoms with van der Waals surface area (Å²) >= 11 is 0. The van der Waals surface area contributed by atoms with Gasteiger partial charge in [0.1, 0.15) is 23.0 Å². The molecule has 2 aromatic heterocycles. The monoisotopic (exact) mass is 489 g/mol. The first kappa shape index (κ1) is 22.6. The van der Waals surface area contributed by atoms with Gasteiger partial charge in [-0.2, -0.15) is 18.3 Å². The van der Waals surface area contributed by atoms with Crippen LogP contribution in [-0.4, -0.2) is 33.5 Å². The molecule has 0 amide bonds. The fraction of sp³-hybridized carbons (Fsp3) is 0.174. The van der Waals surface area contributed by atoms with E-state index in [0.29, 0.717) is 11.4 Å². The molecule has 0 radical (unpaired) electrons. The van der Waals surface area contributed by atoms with Crippen molar-refractivity contribution in [2.45, 2.75) is 19.3 Å². The molecule has 7 nitrogen and oxygen atoms in total. The highest BCUT2D eigenvalue weighted by atomic mass is 19.4. The van der Waals surface area contributed by atoms with E-state index in [0.717, 1.165) is 12.1 Å². The Labute approximate surface area is 194 Å². The van der Waals surface area contributed by atoms with Crippen LogP contribution in [0, 0.1) is 11.6 Å². The Morgan fingerprint density at radius 1 is 1.11 bits per heavy atom. The van der Waals surface area contributed by atoms with E-state index in [-0.39, 0.29) is 47.2 Å². The van der Waals surface area contributed by atoms with Crippen LogP contribution in [0.4, 0.5) is 22.0 Å². The number of imidazole rings is 1. The van der Waals surface area contributed by atoms with Crippen LogP contribution in [-0.2, 0) is 19.3 Å². The average Bonchev–Trinajstić information content (AvgIpc) is 3.46. The third kappa shape index (κ3) is 4.34. The second-order valence-corrected chi connectivity index (χ2v) is 7.71. The van der Waals surface area contributed by atoms with Gasteiger partial charge in [-0.05, 0) is 30.3 Å². The number of aromatic amines is 1. The van der Waals surface area contributed by atoms with Gasteiger partial charge in [-0.1, -0.05) is 11.2 Å². The molecular weight excluding hydrogens is 473 g/mol. The largest absolute Gasteiger partial charge is 0.497 e. The highest BCUT2D eigenvalue weighted by molar-refractivity contribution is 5.80. The molecular formula is C23H16F5N5O2. The van der Waals surface area contributed by atoms with Crippen molar-refractivity contribution in [3.8, 4) is 28.4 Å². The number of benzene rings is 2. The van der Waals surface area contributed by atoms with Crippen LogP contribution in [0.5, 0.6) is 5.75 Å². The molecule has 0 spiro atoms. The summed E-state index contributed by atoms with van der Waals surface area (Å²) in [4.78, 5) is 7.23. The molecule has 0 saturated carbocycles. The number of hydrogen-bond donors (Lipinski definition) is 1. The van der Waals surface area contributed by atoms with Crippen molar-refractivity contribution in [2.24, 2.45) is 5.10 Å². The van der Waals surface area contributed by atoms with E-state index in [1.54, 1.807) is 5.01 Å². The van der Waals surface area contributed by atoms with Crippen molar-refractivity contribution in [1.29, 1.82) is 0 Å². The Bertz CT molecular complexity index is 1430. The number of methoxy groups -OCH3 is 1. The minimum Gasteiger partial charge on any atom is -0.497 e. The summed E-state index contributed by atoms with van der Waals surface area (Å²) in [5.41, 5.74) is 0.0281. The van der Waals surface area contributed by atoms with E-state index >= 15 is 0 Å². The molecule has 3 heterocycles. The number of halogens is 5. The maximum atomic E-state index is 14.1. The molecule has 1 N–H and O–H groups in total. The van der Waals surface area contributed by atoms with Crippen LogP contribution >= 0.6 is 0 Å². The van der Waals surface area contributed by atoms with E-state index in [1.165, 1.54) is 43.7 Å². The van der Waals surface area contributed by atoms with Gasteiger partial charge in [0.25, 0.3) is 0 Å². The van der Waals surface area contributed by atoms with Gasteiger partial charge in [0, 0.05) is 11.6 Å². The summed E-state index contributed by atoms with van der Waals surface area (Å²) in [7, 11) is 1.28. The first-order chi connectivity index (χ1) is 16.7. The number of H-pyrrole nitrogens is 1. The molecule has 12 heteroatoms. The van der Waals surface area contributed by atoms with E-state index in [2.05, 4.69) is 20.2 Å². The first-order valence-electron chi connectivity index (χ1n) is 10.3. The van der Waals surface area contributed by atoms with Crippen molar-refractivity contribution in [2.75, 3.05) is 7.11 Å². The topological polar surface area (TPSA) is 79.5 Å². The zero-order chi connectivity index (χ0) is 24.7. The lowest BCUT2D eigenvalue weighted by Crippen LogP contribution is -2.21. The summed E-state index contributed by atoms with van der Waals surface area (Å²) in [6.45, 7) is 0.325. The van der Waals surface area contributed by atoms with Crippen molar-refractivity contribution in [1.82, 2.24) is 20.1 Å². The minimum absolute atomic E-state index is 0.0146. The normalized spacial score (nSPS) is 13.3. The Hall–Kier alpha value is -4.22. The summed E-state index contributed by atoms with van der Waals surface area (Å²) < 4.78 is 78.5. The molecule has 1 aliphatic heterocycles. The smallest absolute Gasteiger partial charge is 0.417 e. The number of nitrogens with zero attached hydrogens (tertiary/aromatic N) is 4. The van der Waals surface area contributed by atoms with Crippen molar-refractivity contribution in [3.63, 3.8) is 0 Å². The zero-order valence-electron chi connectivity index (χ0n) is 18.0. The summed E-state index contributed by atoms with van der Waals surface area (Å²) in [6, 6.07) is 8.78. The van der Waals surface area contributed by atoms with Gasteiger partial charge in [-0.3, -0.25) is 5.01 Å². The lowest BCUT2D eigenvalue weighted by molar-refractivity contribution is -0.137. The molecule has 1 aliphatic rings. The average molecular weight is 489 g/mol. The molecule has 35 heavy (non-hydrogen) atoms. The van der Waals surface area contributed by atoms with Crippen LogP contribution in [0.25, 0.3) is 22.6 Å². The quantitative estimate of drug-likeness (QED) is 0.381. The lowest BCUT2D eigenvalue weighted by Gasteiger charge is -2.19. The van der Waals surface area contributed by atoms with Crippen LogP contribution in [0.15, 0.2) is 52.1 Å². The van der Waals surface area contributed by atoms with Gasteiger partial charge in [-0.25, -0.2) is 13.8 Å². The maximum Gasteiger partial charge on any atom is 0.417 e. The van der Waals surface area contributed by atoms with Crippen LogP contribution < -0.4 is 4.74 Å². The number of fused-ring (bicyclic) bond motifs is 1. The number of hydrogen-bond acceptors (Lipinski definition) is 6. The highest BCUT2D eigenvalue weighted by Gasteiger charge is 2.35. The molecule has 0 aliphatic carbocycles. The maximum absolute atomic E-state index is 14.1. The van der Waals surface area contributed by atoms with Crippen LogP contribution in [0.1, 0.15) is 22.7 Å². The predicted molar refractivity (Wildman–Crippen MR) is 114 cm³/mol. The molecule has 0 atom stereocenters. The molecule has 4 aromatic rings. The molecule has 0 saturated heterocycles. The Balaban J connectivity index is 1.35. The Morgan fingerprint density at radius 2 is 1.94 bits per heavy atom. The van der Waals surface area contributed by atoms with Gasteiger partial charge in [0.05, 0.1) is 43.2 Å². The van der Waals surface area contributed by atoms with Crippen molar-refractivity contribution >= 4 is 6.21 Å². The van der Waals surface area contributed by atoms with E-state index < -0.39 is 23.4 Å². The van der Waals surface area contributed by atoms with Crippen molar-refractivity contribution < 1.29 is 31.2 Å². The second-order valence-electron chi connectivity index (χ2n) is 7.71. The predicted octanol–water partition coefficient (Wildman–Crippen LogP) is 5.39. The molecule has 180 valence electrons. The minimum atomic E-state index is -4.62. The highest BCUT2D eigenvalue weighted by Crippen LogP contribution is 2.39. The molecule has 2 aromatic carbocycles. The lowest BCUT2D eigenvalue weighted by atomic mass is 10.0. The number of nitrogens with one attached hydrogen (secondary N) is 1. The molecule has 0 unspecified atom stereocenters. The number of aromatic nitrogens is 3.